The van der Waals surface area contributed by atoms with Crippen LogP contribution in [0.1, 0.15) is 34.7 Å². The van der Waals surface area contributed by atoms with Gasteiger partial charge in [-0.2, -0.15) is 4.98 Å². The molecule has 2 aromatic heterocycles. The number of ether oxygens (including phenoxy) is 1. The number of rotatable bonds is 4. The van der Waals surface area contributed by atoms with Crippen LogP contribution in [0.5, 0.6) is 5.75 Å². The molecule has 3 heterocycles. The van der Waals surface area contributed by atoms with Crippen molar-refractivity contribution in [3.05, 3.63) is 40.7 Å². The highest BCUT2D eigenvalue weighted by Gasteiger charge is 2.33. The lowest BCUT2D eigenvalue weighted by Crippen LogP contribution is -2.23. The fourth-order valence-electron chi connectivity index (χ4n) is 3.27. The molecular formula is C17H21ClN5O. The Kier molecular flexibility index (Phi) is 4.49. The van der Waals surface area contributed by atoms with Crippen LogP contribution in [0.15, 0.2) is 6.20 Å². The standard InChI is InChI=1S/C17H21ClN5O/c1-5-11-7-23(16-13(11)15(18)21-17(19)22-16)8-12-10(3)14(24-4)9(2)6-20-12/h6,11H,1,5,7-8H2,2-4H3,(H2,19,21,22)/t11-/m1/s1. The summed E-state index contributed by atoms with van der Waals surface area (Å²) in [6.07, 6.45) is 2.55. The number of fused-ring (bicyclic) bond motifs is 1. The highest BCUT2D eigenvalue weighted by atomic mass is 35.5. The number of nitrogens with two attached hydrogens (primary N) is 1. The SMILES string of the molecule is [CH2]C[C@@H]1CN(Cc2ncc(C)c(OC)c2C)c2nc(N)nc(Cl)c21. The molecule has 1 radical (unpaired) electrons. The predicted octanol–water partition coefficient (Wildman–Crippen LogP) is 3.06. The number of halogens is 1. The summed E-state index contributed by atoms with van der Waals surface area (Å²) in [5, 5.41) is 0.416. The fraction of sp³-hybridized carbons (Fsp3) is 0.412. The molecule has 7 heteroatoms. The van der Waals surface area contributed by atoms with Crippen molar-refractivity contribution in [1.82, 2.24) is 15.0 Å². The Bertz CT molecular complexity index is 780. The molecule has 0 amide bonds. The van der Waals surface area contributed by atoms with E-state index in [0.29, 0.717) is 11.7 Å². The number of anilines is 2. The first-order valence-corrected chi connectivity index (χ1v) is 8.20. The van der Waals surface area contributed by atoms with Crippen LogP contribution in [0.3, 0.4) is 0 Å². The Balaban J connectivity index is 1.99. The van der Waals surface area contributed by atoms with E-state index in [1.165, 1.54) is 0 Å². The predicted molar refractivity (Wildman–Crippen MR) is 95.5 cm³/mol. The molecule has 0 spiro atoms. The summed E-state index contributed by atoms with van der Waals surface area (Å²) in [5.74, 6) is 2.02. The van der Waals surface area contributed by atoms with Crippen LogP contribution in [0.4, 0.5) is 11.8 Å². The Labute approximate surface area is 147 Å². The van der Waals surface area contributed by atoms with Gasteiger partial charge in [0.15, 0.2) is 0 Å². The maximum absolute atomic E-state index is 6.30. The van der Waals surface area contributed by atoms with Gasteiger partial charge in [-0.25, -0.2) is 4.98 Å². The largest absolute Gasteiger partial charge is 0.496 e. The highest BCUT2D eigenvalue weighted by molar-refractivity contribution is 6.30. The summed E-state index contributed by atoms with van der Waals surface area (Å²) in [7, 11) is 1.68. The minimum Gasteiger partial charge on any atom is -0.496 e. The first-order chi connectivity index (χ1) is 11.5. The van der Waals surface area contributed by atoms with E-state index in [2.05, 4.69) is 26.8 Å². The van der Waals surface area contributed by atoms with Gasteiger partial charge in [-0.1, -0.05) is 18.5 Å². The number of pyridine rings is 1. The fourth-order valence-corrected chi connectivity index (χ4v) is 3.59. The van der Waals surface area contributed by atoms with Crippen LogP contribution in [-0.2, 0) is 6.54 Å². The monoisotopic (exact) mass is 346 g/mol. The third-order valence-corrected chi connectivity index (χ3v) is 4.77. The van der Waals surface area contributed by atoms with E-state index in [-0.39, 0.29) is 11.9 Å². The lowest BCUT2D eigenvalue weighted by Gasteiger charge is -2.21. The molecule has 0 aromatic carbocycles. The summed E-state index contributed by atoms with van der Waals surface area (Å²) in [6.45, 7) is 9.41. The number of aryl methyl sites for hydroxylation is 1. The molecule has 127 valence electrons. The molecule has 0 saturated heterocycles. The second-order valence-corrected chi connectivity index (χ2v) is 6.38. The zero-order valence-electron chi connectivity index (χ0n) is 14.1. The average Bonchev–Trinajstić information content (AvgIpc) is 2.88. The highest BCUT2D eigenvalue weighted by Crippen LogP contribution is 2.41. The first-order valence-electron chi connectivity index (χ1n) is 7.82. The topological polar surface area (TPSA) is 77.2 Å². The van der Waals surface area contributed by atoms with Gasteiger partial charge in [-0.05, 0) is 20.3 Å². The molecule has 0 saturated carbocycles. The Morgan fingerprint density at radius 2 is 2.17 bits per heavy atom. The van der Waals surface area contributed by atoms with Gasteiger partial charge in [-0.15, -0.1) is 0 Å². The molecule has 0 aliphatic carbocycles. The van der Waals surface area contributed by atoms with Crippen molar-refractivity contribution in [3.63, 3.8) is 0 Å². The van der Waals surface area contributed by atoms with E-state index >= 15 is 0 Å². The summed E-state index contributed by atoms with van der Waals surface area (Å²) in [5.41, 5.74) is 9.71. The van der Waals surface area contributed by atoms with Crippen LogP contribution in [-0.4, -0.2) is 28.6 Å². The zero-order valence-corrected chi connectivity index (χ0v) is 14.9. The van der Waals surface area contributed by atoms with Gasteiger partial charge in [0.05, 0.1) is 19.3 Å². The minimum absolute atomic E-state index is 0.180. The van der Waals surface area contributed by atoms with E-state index < -0.39 is 0 Å². The van der Waals surface area contributed by atoms with Crippen molar-refractivity contribution in [2.75, 3.05) is 24.3 Å². The van der Waals surface area contributed by atoms with Gasteiger partial charge >= 0.3 is 0 Å². The Hall–Kier alpha value is -2.08. The van der Waals surface area contributed by atoms with Crippen LogP contribution in [0, 0.1) is 20.8 Å². The maximum Gasteiger partial charge on any atom is 0.223 e. The number of nitrogen functional groups attached to an aromatic ring is 1. The van der Waals surface area contributed by atoms with E-state index in [1.807, 2.05) is 20.0 Å². The Morgan fingerprint density at radius 3 is 2.83 bits per heavy atom. The molecule has 24 heavy (non-hydrogen) atoms. The van der Waals surface area contributed by atoms with Gasteiger partial charge in [-0.3, -0.25) is 4.98 Å². The van der Waals surface area contributed by atoms with E-state index in [4.69, 9.17) is 22.1 Å². The van der Waals surface area contributed by atoms with Crippen LogP contribution >= 0.6 is 11.6 Å². The summed E-state index contributed by atoms with van der Waals surface area (Å²) >= 11 is 6.30. The van der Waals surface area contributed by atoms with Gasteiger partial charge < -0.3 is 15.4 Å². The van der Waals surface area contributed by atoms with Crippen molar-refractivity contribution in [1.29, 1.82) is 0 Å². The van der Waals surface area contributed by atoms with Crippen molar-refractivity contribution in [2.45, 2.75) is 32.7 Å². The third kappa shape index (κ3) is 2.75. The summed E-state index contributed by atoms with van der Waals surface area (Å²) in [6, 6.07) is 0. The minimum atomic E-state index is 0.180. The van der Waals surface area contributed by atoms with Crippen molar-refractivity contribution in [2.24, 2.45) is 0 Å². The van der Waals surface area contributed by atoms with Crippen LogP contribution < -0.4 is 15.4 Å². The van der Waals surface area contributed by atoms with Crippen LogP contribution in [0.25, 0.3) is 0 Å². The molecule has 0 unspecified atom stereocenters. The number of nitrogens with zero attached hydrogens (tertiary/aromatic N) is 4. The molecule has 3 rings (SSSR count). The van der Waals surface area contributed by atoms with E-state index in [1.54, 1.807) is 7.11 Å². The van der Waals surface area contributed by atoms with Crippen molar-refractivity contribution in [3.8, 4) is 5.75 Å². The van der Waals surface area contributed by atoms with Crippen molar-refractivity contribution >= 4 is 23.4 Å². The number of methoxy groups -OCH3 is 1. The van der Waals surface area contributed by atoms with Crippen molar-refractivity contribution < 1.29 is 4.74 Å². The molecule has 1 aliphatic heterocycles. The molecular weight excluding hydrogens is 326 g/mol. The second kappa shape index (κ2) is 6.43. The van der Waals surface area contributed by atoms with E-state index in [9.17, 15) is 0 Å². The molecule has 6 nitrogen and oxygen atoms in total. The smallest absolute Gasteiger partial charge is 0.223 e. The molecule has 0 bridgehead atoms. The summed E-state index contributed by atoms with van der Waals surface area (Å²) in [4.78, 5) is 15.2. The van der Waals surface area contributed by atoms with Gasteiger partial charge in [0.2, 0.25) is 5.95 Å². The Morgan fingerprint density at radius 1 is 1.42 bits per heavy atom. The van der Waals surface area contributed by atoms with E-state index in [0.717, 1.165) is 46.9 Å². The normalized spacial score (nSPS) is 16.4. The zero-order chi connectivity index (χ0) is 17.4. The molecule has 0 fully saturated rings. The van der Waals surface area contributed by atoms with Gasteiger partial charge in [0, 0.05) is 35.3 Å². The number of aromatic nitrogens is 3. The molecule has 2 aromatic rings. The lowest BCUT2D eigenvalue weighted by molar-refractivity contribution is 0.406. The molecule has 1 atom stereocenters. The molecule has 1 aliphatic rings. The quantitative estimate of drug-likeness (QED) is 0.857. The maximum atomic E-state index is 6.30. The van der Waals surface area contributed by atoms with Gasteiger partial charge in [0.25, 0.3) is 0 Å². The number of hydrogen-bond donors (Lipinski definition) is 1. The second-order valence-electron chi connectivity index (χ2n) is 6.02. The van der Waals surface area contributed by atoms with Crippen LogP contribution in [0.2, 0.25) is 5.15 Å². The average molecular weight is 347 g/mol. The lowest BCUT2D eigenvalue weighted by atomic mass is 10.0. The first kappa shape index (κ1) is 16.8. The molecule has 2 N–H and O–H groups in total. The third-order valence-electron chi connectivity index (χ3n) is 4.48. The summed E-state index contributed by atoms with van der Waals surface area (Å²) < 4.78 is 5.50. The van der Waals surface area contributed by atoms with Gasteiger partial charge in [0.1, 0.15) is 16.7 Å². The number of hydrogen-bond acceptors (Lipinski definition) is 6.